The van der Waals surface area contributed by atoms with Gasteiger partial charge in [-0.1, -0.05) is 61.5 Å². The SMILES string of the molecule is CCc1ccc(O[C@@H](CC)C(=O)N(C)Cc2nc(-c3ccccc3)no2)cc1. The predicted molar refractivity (Wildman–Crippen MR) is 107 cm³/mol. The van der Waals surface area contributed by atoms with Gasteiger partial charge in [-0.3, -0.25) is 4.79 Å². The largest absolute Gasteiger partial charge is 0.481 e. The van der Waals surface area contributed by atoms with Gasteiger partial charge in [-0.15, -0.1) is 0 Å². The van der Waals surface area contributed by atoms with E-state index in [1.807, 2.05) is 61.5 Å². The van der Waals surface area contributed by atoms with Crippen LogP contribution in [0.1, 0.15) is 31.7 Å². The zero-order chi connectivity index (χ0) is 19.9. The number of hydrogen-bond donors (Lipinski definition) is 0. The van der Waals surface area contributed by atoms with Crippen molar-refractivity contribution in [3.8, 4) is 17.1 Å². The molecule has 1 atom stereocenters. The normalized spacial score (nSPS) is 11.8. The maximum atomic E-state index is 12.8. The molecule has 1 amide bonds. The number of nitrogens with zero attached hydrogens (tertiary/aromatic N) is 3. The van der Waals surface area contributed by atoms with Crippen LogP contribution in [0.2, 0.25) is 0 Å². The molecule has 0 spiro atoms. The molecule has 6 heteroatoms. The summed E-state index contributed by atoms with van der Waals surface area (Å²) in [5, 5.41) is 3.99. The summed E-state index contributed by atoms with van der Waals surface area (Å²) < 4.78 is 11.2. The number of likely N-dealkylation sites (N-methyl/N-ethyl adjacent to an activating group) is 1. The minimum atomic E-state index is -0.561. The highest BCUT2D eigenvalue weighted by Gasteiger charge is 2.24. The molecule has 3 aromatic rings. The predicted octanol–water partition coefficient (Wildman–Crippen LogP) is 4.12. The third kappa shape index (κ3) is 4.76. The summed E-state index contributed by atoms with van der Waals surface area (Å²) >= 11 is 0. The van der Waals surface area contributed by atoms with Gasteiger partial charge in [0.1, 0.15) is 5.75 Å². The molecule has 0 unspecified atom stereocenters. The molecule has 0 N–H and O–H groups in total. The first-order valence-electron chi connectivity index (χ1n) is 9.49. The molecule has 0 aliphatic heterocycles. The Hall–Kier alpha value is -3.15. The number of aryl methyl sites for hydroxylation is 1. The third-order valence-corrected chi connectivity index (χ3v) is 4.50. The first kappa shape index (κ1) is 19.6. The number of carbonyl (C=O) groups is 1. The number of aromatic nitrogens is 2. The molecule has 1 aromatic heterocycles. The van der Waals surface area contributed by atoms with Crippen LogP contribution in [-0.2, 0) is 17.8 Å². The van der Waals surface area contributed by atoms with E-state index in [-0.39, 0.29) is 12.5 Å². The quantitative estimate of drug-likeness (QED) is 0.589. The van der Waals surface area contributed by atoms with Crippen LogP contribution in [0.4, 0.5) is 0 Å². The highest BCUT2D eigenvalue weighted by atomic mass is 16.5. The lowest BCUT2D eigenvalue weighted by Gasteiger charge is -2.22. The van der Waals surface area contributed by atoms with Crippen LogP contribution in [0, 0.1) is 0 Å². The highest BCUT2D eigenvalue weighted by molar-refractivity contribution is 5.80. The molecule has 0 saturated carbocycles. The molecular formula is C22H25N3O3. The van der Waals surface area contributed by atoms with Gasteiger partial charge >= 0.3 is 0 Å². The highest BCUT2D eigenvalue weighted by Crippen LogP contribution is 2.18. The molecule has 3 rings (SSSR count). The van der Waals surface area contributed by atoms with E-state index in [0.717, 1.165) is 12.0 Å². The van der Waals surface area contributed by atoms with Crippen LogP contribution in [0.15, 0.2) is 59.1 Å². The van der Waals surface area contributed by atoms with Gasteiger partial charge < -0.3 is 14.2 Å². The molecule has 0 saturated heterocycles. The fourth-order valence-electron chi connectivity index (χ4n) is 2.83. The van der Waals surface area contributed by atoms with Crippen molar-refractivity contribution >= 4 is 5.91 Å². The smallest absolute Gasteiger partial charge is 0.263 e. The Morgan fingerprint density at radius 2 is 1.82 bits per heavy atom. The summed E-state index contributed by atoms with van der Waals surface area (Å²) in [7, 11) is 1.71. The first-order chi connectivity index (χ1) is 13.6. The Labute approximate surface area is 165 Å². The van der Waals surface area contributed by atoms with Crippen molar-refractivity contribution in [2.45, 2.75) is 39.3 Å². The van der Waals surface area contributed by atoms with Crippen LogP contribution in [0.25, 0.3) is 11.4 Å². The Morgan fingerprint density at radius 1 is 1.11 bits per heavy atom. The average molecular weight is 379 g/mol. The molecule has 28 heavy (non-hydrogen) atoms. The van der Waals surface area contributed by atoms with E-state index in [0.29, 0.717) is 23.9 Å². The average Bonchev–Trinajstić information content (AvgIpc) is 3.21. The molecule has 1 heterocycles. The fraction of sp³-hybridized carbons (Fsp3) is 0.318. The number of amides is 1. The third-order valence-electron chi connectivity index (χ3n) is 4.50. The van der Waals surface area contributed by atoms with Crippen molar-refractivity contribution in [1.29, 1.82) is 0 Å². The van der Waals surface area contributed by atoms with E-state index in [1.165, 1.54) is 5.56 Å². The molecule has 6 nitrogen and oxygen atoms in total. The van der Waals surface area contributed by atoms with E-state index in [2.05, 4.69) is 17.1 Å². The molecule has 0 aliphatic carbocycles. The number of carbonyl (C=O) groups excluding carboxylic acids is 1. The lowest BCUT2D eigenvalue weighted by Crippen LogP contribution is -2.39. The molecule has 146 valence electrons. The van der Waals surface area contributed by atoms with Gasteiger partial charge in [-0.05, 0) is 30.5 Å². The molecule has 2 aromatic carbocycles. The second kappa shape index (κ2) is 9.17. The van der Waals surface area contributed by atoms with Gasteiger partial charge in [0, 0.05) is 12.6 Å². The Kier molecular flexibility index (Phi) is 6.42. The zero-order valence-electron chi connectivity index (χ0n) is 16.5. The summed E-state index contributed by atoms with van der Waals surface area (Å²) in [5.74, 6) is 1.46. The van der Waals surface area contributed by atoms with E-state index in [1.54, 1.807) is 11.9 Å². The molecule has 0 aliphatic rings. The molecule has 0 radical (unpaired) electrons. The summed E-state index contributed by atoms with van der Waals surface area (Å²) in [5.41, 5.74) is 2.10. The fourth-order valence-corrected chi connectivity index (χ4v) is 2.83. The van der Waals surface area contributed by atoms with Crippen molar-refractivity contribution < 1.29 is 14.1 Å². The lowest BCUT2D eigenvalue weighted by molar-refractivity contribution is -0.138. The van der Waals surface area contributed by atoms with Crippen molar-refractivity contribution in [1.82, 2.24) is 15.0 Å². The van der Waals surface area contributed by atoms with Crippen LogP contribution in [0.5, 0.6) is 5.75 Å². The van der Waals surface area contributed by atoms with Crippen LogP contribution in [0.3, 0.4) is 0 Å². The Morgan fingerprint density at radius 3 is 2.46 bits per heavy atom. The Balaban J connectivity index is 1.63. The minimum absolute atomic E-state index is 0.124. The van der Waals surface area contributed by atoms with Crippen LogP contribution >= 0.6 is 0 Å². The maximum absolute atomic E-state index is 12.8. The van der Waals surface area contributed by atoms with Crippen molar-refractivity contribution in [3.05, 3.63) is 66.1 Å². The van der Waals surface area contributed by atoms with Gasteiger partial charge in [0.2, 0.25) is 11.7 Å². The molecular weight excluding hydrogens is 354 g/mol. The van der Waals surface area contributed by atoms with Crippen molar-refractivity contribution in [2.24, 2.45) is 0 Å². The van der Waals surface area contributed by atoms with E-state index in [9.17, 15) is 4.79 Å². The van der Waals surface area contributed by atoms with Crippen molar-refractivity contribution in [2.75, 3.05) is 7.05 Å². The standard InChI is InChI=1S/C22H25N3O3/c1-4-16-11-13-18(14-12-16)27-19(5-2)22(26)25(3)15-20-23-21(24-28-20)17-9-7-6-8-10-17/h6-14,19H,4-5,15H2,1-3H3/t19-/m0/s1. The monoisotopic (exact) mass is 379 g/mol. The van der Waals surface area contributed by atoms with Crippen LogP contribution < -0.4 is 4.74 Å². The lowest BCUT2D eigenvalue weighted by atomic mass is 10.1. The molecule has 0 bridgehead atoms. The summed E-state index contributed by atoms with van der Waals surface area (Å²) in [4.78, 5) is 18.7. The molecule has 0 fully saturated rings. The second-order valence-corrected chi connectivity index (χ2v) is 6.58. The van der Waals surface area contributed by atoms with E-state index < -0.39 is 6.10 Å². The second-order valence-electron chi connectivity index (χ2n) is 6.58. The van der Waals surface area contributed by atoms with Crippen LogP contribution in [-0.4, -0.2) is 34.1 Å². The van der Waals surface area contributed by atoms with Crippen molar-refractivity contribution in [3.63, 3.8) is 0 Å². The van der Waals surface area contributed by atoms with Gasteiger partial charge in [0.25, 0.3) is 5.91 Å². The van der Waals surface area contributed by atoms with Gasteiger partial charge in [0.05, 0.1) is 6.54 Å². The topological polar surface area (TPSA) is 68.5 Å². The number of benzene rings is 2. The number of rotatable bonds is 8. The summed E-state index contributed by atoms with van der Waals surface area (Å²) in [6.45, 7) is 4.26. The zero-order valence-corrected chi connectivity index (χ0v) is 16.5. The minimum Gasteiger partial charge on any atom is -0.481 e. The van der Waals surface area contributed by atoms with Gasteiger partial charge in [0.15, 0.2) is 6.10 Å². The summed E-state index contributed by atoms with van der Waals surface area (Å²) in [6, 6.07) is 17.4. The van der Waals surface area contributed by atoms with E-state index in [4.69, 9.17) is 9.26 Å². The van der Waals surface area contributed by atoms with Gasteiger partial charge in [-0.2, -0.15) is 4.98 Å². The van der Waals surface area contributed by atoms with Gasteiger partial charge in [-0.25, -0.2) is 0 Å². The van der Waals surface area contributed by atoms with E-state index >= 15 is 0 Å². The summed E-state index contributed by atoms with van der Waals surface area (Å²) in [6.07, 6.45) is 0.973. The number of hydrogen-bond acceptors (Lipinski definition) is 5. The maximum Gasteiger partial charge on any atom is 0.263 e. The number of ether oxygens (including phenoxy) is 1. The first-order valence-corrected chi connectivity index (χ1v) is 9.49. The Bertz CT molecular complexity index is 891.